The number of nitrogens with zero attached hydrogens (tertiary/aromatic N) is 4. The Kier molecular flexibility index (Phi) is 6.64. The van der Waals surface area contributed by atoms with Gasteiger partial charge in [-0.25, -0.2) is 14.3 Å². The number of carbonyl (C=O) groups is 1. The Labute approximate surface area is 227 Å². The number of rotatable bonds is 7. The van der Waals surface area contributed by atoms with Crippen LogP contribution in [0, 0.1) is 0 Å². The third-order valence-corrected chi connectivity index (χ3v) is 8.42. The maximum absolute atomic E-state index is 13.4. The highest BCUT2D eigenvalue weighted by molar-refractivity contribution is 7.48. The summed E-state index contributed by atoms with van der Waals surface area (Å²) in [6.45, 7) is 3.66. The van der Waals surface area contributed by atoms with Gasteiger partial charge in [0.05, 0.1) is 32.3 Å². The molecule has 39 heavy (non-hydrogen) atoms. The number of fused-ring (bicyclic) bond motifs is 2. The lowest BCUT2D eigenvalue weighted by molar-refractivity contribution is -0.0925. The molecule has 0 unspecified atom stereocenters. The molecule has 0 aliphatic carbocycles. The molecule has 16 heteroatoms. The molecule has 3 aliphatic heterocycles. The summed E-state index contributed by atoms with van der Waals surface area (Å²) < 4.78 is 54.5. The van der Waals surface area contributed by atoms with Crippen molar-refractivity contribution in [3.05, 3.63) is 41.2 Å². The molecule has 0 amide bonds. The Bertz CT molecular complexity index is 1460. The van der Waals surface area contributed by atoms with E-state index < -0.39 is 44.1 Å². The summed E-state index contributed by atoms with van der Waals surface area (Å²) in [5, 5.41) is 0.573. The van der Waals surface area contributed by atoms with Gasteiger partial charge in [0.15, 0.2) is 29.1 Å². The van der Waals surface area contributed by atoms with Gasteiger partial charge >= 0.3 is 14.0 Å². The minimum Gasteiger partial charge on any atom is -0.476 e. The first-order valence-corrected chi connectivity index (χ1v) is 14.0. The van der Waals surface area contributed by atoms with Crippen LogP contribution in [0.25, 0.3) is 11.2 Å². The number of nitrogen functional groups attached to an aromatic ring is 1. The van der Waals surface area contributed by atoms with Crippen molar-refractivity contribution < 1.29 is 41.9 Å². The highest BCUT2D eigenvalue weighted by atomic mass is 35.5. The predicted molar refractivity (Wildman–Crippen MR) is 134 cm³/mol. The van der Waals surface area contributed by atoms with Crippen LogP contribution < -0.4 is 10.5 Å². The Morgan fingerprint density at radius 3 is 2.85 bits per heavy atom. The van der Waals surface area contributed by atoms with Gasteiger partial charge in [0.2, 0.25) is 11.8 Å². The molecule has 0 bridgehead atoms. The fourth-order valence-electron chi connectivity index (χ4n) is 4.92. The molecular weight excluding hydrogens is 557 g/mol. The maximum atomic E-state index is 13.4. The van der Waals surface area contributed by atoms with E-state index in [-0.39, 0.29) is 25.0 Å². The van der Waals surface area contributed by atoms with E-state index in [0.29, 0.717) is 29.2 Å². The molecule has 6 atom stereocenters. The van der Waals surface area contributed by atoms with E-state index >= 15 is 0 Å². The number of anilines is 1. The fraction of sp³-hybridized carbons (Fsp3) is 0.478. The minimum atomic E-state index is -3.98. The van der Waals surface area contributed by atoms with Crippen molar-refractivity contribution in [2.45, 2.75) is 50.4 Å². The molecule has 2 aromatic heterocycles. The van der Waals surface area contributed by atoms with Gasteiger partial charge in [0.1, 0.15) is 6.10 Å². The largest absolute Gasteiger partial charge is 0.509 e. The average Bonchev–Trinajstić information content (AvgIpc) is 3.52. The molecule has 3 saturated heterocycles. The first-order valence-electron chi connectivity index (χ1n) is 12.2. The Morgan fingerprint density at radius 1 is 1.28 bits per heavy atom. The molecule has 1 aromatic carbocycles. The maximum Gasteiger partial charge on any atom is 0.509 e. The van der Waals surface area contributed by atoms with Gasteiger partial charge < -0.3 is 24.7 Å². The summed E-state index contributed by atoms with van der Waals surface area (Å²) in [5.74, 6) is 0.171. The van der Waals surface area contributed by atoms with E-state index in [0.717, 1.165) is 5.56 Å². The predicted octanol–water partition coefficient (Wildman–Crippen LogP) is 3.96. The zero-order valence-corrected chi connectivity index (χ0v) is 22.5. The molecule has 6 rings (SSSR count). The molecular formula is C23H25ClN5O9P. The smallest absolute Gasteiger partial charge is 0.476 e. The van der Waals surface area contributed by atoms with E-state index in [1.165, 1.54) is 6.33 Å². The second kappa shape index (κ2) is 9.88. The van der Waals surface area contributed by atoms with Crippen LogP contribution in [0.1, 0.15) is 38.2 Å². The zero-order chi connectivity index (χ0) is 27.4. The number of imidazole rings is 1. The first kappa shape index (κ1) is 26.2. The average molecular weight is 582 g/mol. The number of phosphoric acid groups is 1. The monoisotopic (exact) mass is 581 g/mol. The minimum absolute atomic E-state index is 0.0353. The summed E-state index contributed by atoms with van der Waals surface area (Å²) in [7, 11) is -3.98. The number of benzene rings is 1. The van der Waals surface area contributed by atoms with Crippen molar-refractivity contribution in [3.8, 4) is 5.88 Å². The molecule has 2 N–H and O–H groups in total. The van der Waals surface area contributed by atoms with Gasteiger partial charge in [-0.3, -0.25) is 18.1 Å². The van der Waals surface area contributed by atoms with Crippen LogP contribution in [0.3, 0.4) is 0 Å². The fourth-order valence-corrected chi connectivity index (χ4v) is 6.44. The van der Waals surface area contributed by atoms with Crippen molar-refractivity contribution in [3.63, 3.8) is 0 Å². The van der Waals surface area contributed by atoms with E-state index in [9.17, 15) is 9.36 Å². The van der Waals surface area contributed by atoms with Crippen LogP contribution in [0.4, 0.5) is 10.7 Å². The number of halogens is 1. The summed E-state index contributed by atoms with van der Waals surface area (Å²) in [4.78, 5) is 25.0. The molecule has 3 aliphatic rings. The van der Waals surface area contributed by atoms with Crippen molar-refractivity contribution in [1.82, 2.24) is 19.5 Å². The Hall–Kier alpha value is -3.00. The highest BCUT2D eigenvalue weighted by Gasteiger charge is 2.64. The van der Waals surface area contributed by atoms with E-state index in [2.05, 4.69) is 15.0 Å². The lowest BCUT2D eigenvalue weighted by Gasteiger charge is -2.29. The number of carbonyl (C=O) groups excluding carboxylic acids is 1. The van der Waals surface area contributed by atoms with Crippen molar-refractivity contribution in [2.24, 2.45) is 0 Å². The molecule has 0 spiro atoms. The Morgan fingerprint density at radius 2 is 2.08 bits per heavy atom. The van der Waals surface area contributed by atoms with Crippen molar-refractivity contribution >= 4 is 42.7 Å². The molecule has 0 radical (unpaired) electrons. The first-order chi connectivity index (χ1) is 18.7. The molecule has 0 saturated carbocycles. The van der Waals surface area contributed by atoms with Gasteiger partial charge in [-0.1, -0.05) is 23.7 Å². The van der Waals surface area contributed by atoms with Crippen LogP contribution >= 0.6 is 19.4 Å². The van der Waals surface area contributed by atoms with Crippen LogP contribution in [-0.4, -0.2) is 63.3 Å². The number of hydrogen-bond donors (Lipinski definition) is 1. The lowest BCUT2D eigenvalue weighted by atomic mass is 9.96. The van der Waals surface area contributed by atoms with Gasteiger partial charge in [-0.2, -0.15) is 9.97 Å². The summed E-state index contributed by atoms with van der Waals surface area (Å²) in [6.07, 6.45) is -2.23. The summed E-state index contributed by atoms with van der Waals surface area (Å²) >= 11 is 5.98. The van der Waals surface area contributed by atoms with E-state index in [4.69, 9.17) is 49.9 Å². The normalized spacial score (nSPS) is 32.1. The van der Waals surface area contributed by atoms with E-state index in [1.54, 1.807) is 42.7 Å². The van der Waals surface area contributed by atoms with Crippen LogP contribution in [0.15, 0.2) is 30.6 Å². The standard InChI is InChI=1S/C23H25ClN5O9P/c1-3-32-19-16-18(27-21(25)28-19)29(11-26-16)20-23(2)17(36-22(30)37-23)15(35-20)10-34-39(31)33-9-8-14(38-39)12-4-6-13(24)7-5-12/h4-7,11,14-15,17,20H,3,8-10H2,1-2H3,(H2,25,27,28)/t14-,15+,17+,20+,23+,39+/m0/s1. The number of hydrogen-bond acceptors (Lipinski definition) is 13. The summed E-state index contributed by atoms with van der Waals surface area (Å²) in [5.41, 5.74) is 6.03. The lowest BCUT2D eigenvalue weighted by Crippen LogP contribution is -2.42. The highest BCUT2D eigenvalue weighted by Crippen LogP contribution is 2.58. The van der Waals surface area contributed by atoms with Crippen molar-refractivity contribution in [1.29, 1.82) is 0 Å². The third kappa shape index (κ3) is 4.71. The third-order valence-electron chi connectivity index (χ3n) is 6.69. The Balaban J connectivity index is 1.24. The molecule has 3 fully saturated rings. The van der Waals surface area contributed by atoms with Gasteiger partial charge in [-0.15, -0.1) is 0 Å². The van der Waals surface area contributed by atoms with Gasteiger partial charge in [0, 0.05) is 11.4 Å². The second-order valence-electron chi connectivity index (χ2n) is 9.26. The topological polar surface area (TPSA) is 168 Å². The number of nitrogens with two attached hydrogens (primary N) is 1. The van der Waals surface area contributed by atoms with Crippen LogP contribution in [0.2, 0.25) is 5.02 Å². The van der Waals surface area contributed by atoms with Gasteiger partial charge in [-0.05, 0) is 31.5 Å². The molecule has 3 aromatic rings. The zero-order valence-electron chi connectivity index (χ0n) is 20.9. The van der Waals surface area contributed by atoms with Crippen LogP contribution in [0.5, 0.6) is 5.88 Å². The number of aromatic nitrogens is 4. The van der Waals surface area contributed by atoms with E-state index in [1.807, 2.05) is 0 Å². The molecule has 14 nitrogen and oxygen atoms in total. The summed E-state index contributed by atoms with van der Waals surface area (Å²) in [6, 6.07) is 7.02. The number of phosphoric ester groups is 1. The number of ether oxygens (including phenoxy) is 4. The molecule has 208 valence electrons. The second-order valence-corrected chi connectivity index (χ2v) is 11.3. The van der Waals surface area contributed by atoms with Crippen molar-refractivity contribution in [2.75, 3.05) is 25.6 Å². The van der Waals surface area contributed by atoms with Crippen LogP contribution in [-0.2, 0) is 32.3 Å². The SMILES string of the molecule is CCOc1nc(N)nc2c1ncn2[C@@H]1O[C@H](CO[P@@]2(=O)OCC[C@@H](c3ccc(Cl)cc3)O2)[C@H]2OC(=O)O[C@]21C. The quantitative estimate of drug-likeness (QED) is 0.314. The van der Waals surface area contributed by atoms with Gasteiger partial charge in [0.25, 0.3) is 0 Å². The molecule has 5 heterocycles.